The van der Waals surface area contributed by atoms with E-state index in [0.29, 0.717) is 6.42 Å². The first kappa shape index (κ1) is 26.3. The monoisotopic (exact) mass is 716 g/mol. The van der Waals surface area contributed by atoms with E-state index in [9.17, 15) is 9.90 Å². The molecule has 3 aromatic carbocycles. The normalized spacial score (nSPS) is 26.0. The van der Waals surface area contributed by atoms with Crippen molar-refractivity contribution in [2.24, 2.45) is 5.92 Å². The van der Waals surface area contributed by atoms with Gasteiger partial charge in [-0.15, -0.1) is 0 Å². The van der Waals surface area contributed by atoms with E-state index in [1.165, 1.54) is 16.7 Å². The second-order valence-corrected chi connectivity index (χ2v) is 13.8. The molecule has 42 heavy (non-hydrogen) atoms. The van der Waals surface area contributed by atoms with Crippen LogP contribution in [0.1, 0.15) is 186 Å². The van der Waals surface area contributed by atoms with E-state index in [1.807, 2.05) is 12.1 Å². The highest BCUT2D eigenvalue weighted by atomic mass is 16.6. The Kier molecular flexibility index (Phi) is 4.85. The zero-order valence-corrected chi connectivity index (χ0v) is 25.9. The number of fused-ring (bicyclic) bond motifs is 13. The number of nitrogens with zero attached hydrogens (tertiary/aromatic N) is 2. The van der Waals surface area contributed by atoms with Crippen molar-refractivity contribution in [2.45, 2.75) is 84.9 Å². The summed E-state index contributed by atoms with van der Waals surface area (Å²) in [6.07, 6.45) is -0.0815. The number of para-hydroxylation sites is 1. The smallest absolute Gasteiger partial charge is 0.253 e. The lowest BCUT2D eigenvalue weighted by Crippen LogP contribution is -2.58. The number of carbonyl (C=O) groups is 1. The average molecular weight is 717 g/mol. The molecule has 1 amide bonds. The molecule has 7 nitrogen and oxygen atoms in total. The van der Waals surface area contributed by atoms with E-state index in [1.54, 1.807) is 7.11 Å². The zero-order chi connectivity index (χ0) is 29.8. The predicted octanol–water partition coefficient (Wildman–Crippen LogP) is 25.2. The fraction of sp³-hybridized carbons (Fsp3) is 0.457. The van der Waals surface area contributed by atoms with Crippen molar-refractivity contribution >= 4 is 49.5 Å². The minimum Gasteiger partial charge on any atom is -0.382 e. The number of aliphatic hydroxyl groups is 1. The second kappa shape index (κ2) is 7.76. The Hall–Kier alpha value is -3.39. The summed E-state index contributed by atoms with van der Waals surface area (Å²) in [6.45, 7) is 17.4. The van der Waals surface area contributed by atoms with Crippen LogP contribution in [0.2, 0.25) is 0 Å². The van der Waals surface area contributed by atoms with Gasteiger partial charge in [-0.2, -0.15) is 0 Å². The van der Waals surface area contributed by atoms with Gasteiger partial charge < -0.3 is 29.0 Å². The van der Waals surface area contributed by atoms with Gasteiger partial charge in [0.05, 0.1) is 39.8 Å². The number of aryl methyl sites for hydroxylation is 2. The third kappa shape index (κ3) is 2.60. The summed E-state index contributed by atoms with van der Waals surface area (Å²) < 4.78 is 17.7. The molecule has 5 heterocycles. The molecule has 3 atom stereocenters. The number of aromatic nitrogens is 2. The predicted molar refractivity (Wildman–Crippen MR) is 325 cm³/mol. The van der Waals surface area contributed by atoms with E-state index in [4.69, 9.17) is 9.47 Å². The van der Waals surface area contributed by atoms with Crippen molar-refractivity contribution in [1.29, 1.82) is 0 Å². The number of benzene rings is 3. The number of carbonyl (C=O) groups excluding carboxylic acids is 1. The van der Waals surface area contributed by atoms with Gasteiger partial charge >= 0.3 is 0 Å². The molecule has 1 fully saturated rings. The van der Waals surface area contributed by atoms with Crippen LogP contribution >= 0.6 is 0 Å². The third-order valence-corrected chi connectivity index (χ3v) is 11.0. The van der Waals surface area contributed by atoms with Gasteiger partial charge in [0.15, 0.2) is 5.72 Å². The second-order valence-electron chi connectivity index (χ2n) is 13.8. The summed E-state index contributed by atoms with van der Waals surface area (Å²) in [7, 11) is 1.65. The van der Waals surface area contributed by atoms with Crippen LogP contribution in [0.25, 0.3) is 43.6 Å². The molecule has 368 valence electrons. The van der Waals surface area contributed by atoms with E-state index >= 15 is 0 Å². The maximum absolute atomic E-state index is 14.0. The van der Waals surface area contributed by atoms with Crippen molar-refractivity contribution in [3.8, 4) is 0 Å². The van der Waals surface area contributed by atoms with Gasteiger partial charge in [0.2, 0.25) is 0 Å². The summed E-state index contributed by atoms with van der Waals surface area (Å²) in [6, 6.07) is 8.31. The molecule has 0 spiro atoms. The molecule has 7 heteroatoms. The molecule has 3 aliphatic rings. The fourth-order valence-electron chi connectivity index (χ4n) is 9.11. The first-order valence-corrected chi connectivity index (χ1v) is 15.1. The largest absolute Gasteiger partial charge is 0.382 e. The van der Waals surface area contributed by atoms with Crippen LogP contribution in [0, 0.1) is 33.6 Å². The number of ether oxygens (including phenoxy) is 2. The minimum atomic E-state index is -1.31. The van der Waals surface area contributed by atoms with Gasteiger partial charge in [0, 0.05) is 154 Å². The quantitative estimate of drug-likeness (QED) is 0.195. The Morgan fingerprint density at radius 2 is 1.71 bits per heavy atom. The van der Waals surface area contributed by atoms with Crippen LogP contribution in [-0.4, -0.2) is 39.5 Å². The lowest BCUT2D eigenvalue weighted by molar-refractivity contribution is -0.228. The maximum Gasteiger partial charge on any atom is 0.253 e. The lowest BCUT2D eigenvalue weighted by Gasteiger charge is -2.45. The number of methoxy groups -OCH3 is 1. The van der Waals surface area contributed by atoms with E-state index in [-0.39, 0.29) is 125 Å². The number of rotatable bonds is 3. The summed E-state index contributed by atoms with van der Waals surface area (Å²) in [5.41, 5.74) is 7.71. The standard InChI is InChI=1S/C35H39N3O4.75H2/c1-16(2)35-34(40,15-41-9)14-23(42-35)37-22-13-11-10-12-21(22)25-27-28(33(7,8)36-32(27)39)26-24-19(5)17(3)18(4)20(6)29(24)38(35)31(26)30(25)37;;;;;;;;;;;;;;;;;;;;;;;;;;;;;;;;;;;;;;;;;;;;;;;;;;;;;;;;;;;;;;;;;;;;;;;;;;;/h10-13,16,23,40H,14-15H2,1-9H3,(H,36,39);75*1H/t23-,34+,35+;;;;;;;;;;;;;;;;;;;;;;;;;;;;;;;;;;;;;;;;;;;;;;;;;;;;;;;;;;;;;;;;;;;;;;;;;;;/m1.........................................................................../s1. The molecule has 0 saturated carbocycles. The van der Waals surface area contributed by atoms with E-state index in [0.717, 1.165) is 60.3 Å². The molecule has 1 saturated heterocycles. The molecule has 0 unspecified atom stereocenters. The Labute approximate surface area is 356 Å². The first-order valence-electron chi connectivity index (χ1n) is 15.1. The molecule has 5 aromatic rings. The molecule has 3 aliphatic heterocycles. The molecule has 0 radical (unpaired) electrons. The summed E-state index contributed by atoms with van der Waals surface area (Å²) in [4.78, 5) is 14.0. The van der Waals surface area contributed by atoms with Crippen LogP contribution in [0.5, 0.6) is 0 Å². The third-order valence-electron chi connectivity index (χ3n) is 11.0. The van der Waals surface area contributed by atoms with Crippen molar-refractivity contribution in [3.63, 3.8) is 0 Å². The van der Waals surface area contributed by atoms with Gasteiger partial charge in [0.25, 0.3) is 5.91 Å². The van der Waals surface area contributed by atoms with Crippen LogP contribution < -0.4 is 5.32 Å². The molecule has 8 rings (SSSR count). The molecule has 2 bridgehead atoms. The molecular weight excluding hydrogens is 526 g/mol. The lowest BCUT2D eigenvalue weighted by atomic mass is 9.80. The summed E-state index contributed by atoms with van der Waals surface area (Å²) >= 11 is 0. The van der Waals surface area contributed by atoms with Crippen LogP contribution in [0.15, 0.2) is 24.3 Å². The Balaban J connectivity index is -0.00000000485. The van der Waals surface area contributed by atoms with Crippen molar-refractivity contribution in [2.75, 3.05) is 13.7 Å². The van der Waals surface area contributed by atoms with Crippen LogP contribution in [0.4, 0.5) is 0 Å². The van der Waals surface area contributed by atoms with Gasteiger partial charge in [-0.05, 0) is 69.9 Å². The van der Waals surface area contributed by atoms with Crippen molar-refractivity contribution in [3.05, 3.63) is 57.6 Å². The Morgan fingerprint density at radius 3 is 2.40 bits per heavy atom. The highest BCUT2D eigenvalue weighted by Gasteiger charge is 2.65. The average Bonchev–Trinajstić information content (AvgIpc) is 3.58. The first-order chi connectivity index (χ1) is 19.8. The van der Waals surface area contributed by atoms with E-state index in [2.05, 4.69) is 82.0 Å². The van der Waals surface area contributed by atoms with E-state index < -0.39 is 23.1 Å². The van der Waals surface area contributed by atoms with Gasteiger partial charge in [-0.25, -0.2) is 0 Å². The Morgan fingerprint density at radius 1 is 1.02 bits per heavy atom. The summed E-state index contributed by atoms with van der Waals surface area (Å²) in [5.74, 6) is -0.140. The Bertz CT molecular complexity index is 2190. The van der Waals surface area contributed by atoms with Crippen LogP contribution in [0.3, 0.4) is 0 Å². The molecule has 2 aromatic heterocycles. The maximum atomic E-state index is 14.0. The highest BCUT2D eigenvalue weighted by Crippen LogP contribution is 2.61. The van der Waals surface area contributed by atoms with Crippen molar-refractivity contribution < 1.29 is 126 Å². The van der Waals surface area contributed by atoms with Crippen LogP contribution in [-0.2, 0) is 20.7 Å². The molecule has 0 aliphatic carbocycles. The molecular formula is C35H189N3O4. The SMILES string of the molecule is COC[C@@]1(O)C[C@H]2O[C@]1(C(C)C)n1c3c(C)c(C)c(C)c(C)c3c3c4c(c5c6ccccc6n2c5c31)C(=O)NC4(C)C.[HH].[HH].[HH].[HH].[HH].[HH].[HH].[HH].[HH].[HH].[HH].[HH].[HH].[HH].[HH].[HH].[HH].[HH].[HH].[HH].[HH].[HH].[HH].[HH].[HH].[HH].[HH].[HH].[HH].[HH].[HH].[HH].[HH].[HH].[HH].[HH].[HH].[HH].[HH].[HH].[HH].[HH].[HH].[HH].[HH].[HH].[HH].[HH].[HH].[HH].[HH].[HH].[HH].[HH].[HH].[HH].[HH].[HH].[HH].[HH].[HH].[HH].[HH].[HH].[HH].[HH].[HH].[HH].[HH].[HH].[HH].[HH].[HH].[HH].[HH]. The highest BCUT2D eigenvalue weighted by molar-refractivity contribution is 6.32. The molecule has 2 N–H and O–H groups in total. The van der Waals surface area contributed by atoms with Gasteiger partial charge in [0.1, 0.15) is 11.8 Å². The van der Waals surface area contributed by atoms with Gasteiger partial charge in [-0.1, -0.05) is 32.0 Å². The number of hydrogen-bond acceptors (Lipinski definition) is 4. The topological polar surface area (TPSA) is 77.7 Å². The van der Waals surface area contributed by atoms with Crippen molar-refractivity contribution in [1.82, 2.24) is 14.5 Å². The fourth-order valence-corrected chi connectivity index (χ4v) is 9.11. The zero-order valence-electron chi connectivity index (χ0n) is 25.9. The number of nitrogens with one attached hydrogen (secondary N) is 1. The summed E-state index contributed by atoms with van der Waals surface area (Å²) in [5, 5.41) is 20.3. The number of hydrogen-bond donors (Lipinski definition) is 2. The van der Waals surface area contributed by atoms with Gasteiger partial charge in [-0.3, -0.25) is 4.79 Å². The number of amides is 1. The minimum absolute atomic E-state index is 0.